The van der Waals surface area contributed by atoms with Crippen molar-refractivity contribution in [2.24, 2.45) is 5.73 Å². The zero-order chi connectivity index (χ0) is 23.9. The molecule has 1 fully saturated rings. The number of ether oxygens (including phenoxy) is 2. The van der Waals surface area contributed by atoms with E-state index in [-0.39, 0.29) is 23.6 Å². The van der Waals surface area contributed by atoms with Crippen LogP contribution >= 0.6 is 23.5 Å². The number of aliphatic carboxylic acids is 1. The molecule has 0 spiro atoms. The van der Waals surface area contributed by atoms with E-state index in [0.29, 0.717) is 5.56 Å². The van der Waals surface area contributed by atoms with E-state index in [0.717, 1.165) is 27.5 Å². The fourth-order valence-corrected chi connectivity index (χ4v) is 6.73. The second-order valence-corrected chi connectivity index (χ2v) is 9.81. The zero-order valence-corrected chi connectivity index (χ0v) is 19.6. The van der Waals surface area contributed by atoms with Gasteiger partial charge < -0.3 is 25.6 Å². The predicted octanol–water partition coefficient (Wildman–Crippen LogP) is 0.709. The topological polar surface area (TPSA) is 148 Å². The lowest BCUT2D eigenvalue weighted by atomic mass is 9.95. The molecule has 3 unspecified atom stereocenters. The zero-order valence-electron chi connectivity index (χ0n) is 18.0. The smallest absolute Gasteiger partial charge is 0.352 e. The van der Waals surface area contributed by atoms with Gasteiger partial charge in [-0.1, -0.05) is 18.2 Å². The van der Waals surface area contributed by atoms with Crippen molar-refractivity contribution in [3.8, 4) is 0 Å². The van der Waals surface area contributed by atoms with E-state index in [9.17, 15) is 24.3 Å². The Hall–Kier alpha value is -2.54. The number of thioether (sulfide) groups is 2. The SMILES string of the molecule is COC1(NC(=O)C(N)c2cccc3c2CSC3)C(=O)N2C(C(=O)O)=C(COC(C)=O)CSC21. The van der Waals surface area contributed by atoms with E-state index < -0.39 is 40.9 Å². The molecular formula is C21H23N3O7S2. The number of benzene rings is 1. The third-order valence-corrected chi connectivity index (χ3v) is 8.21. The summed E-state index contributed by atoms with van der Waals surface area (Å²) in [7, 11) is 1.27. The lowest BCUT2D eigenvalue weighted by Crippen LogP contribution is -2.81. The van der Waals surface area contributed by atoms with Crippen molar-refractivity contribution in [3.05, 3.63) is 46.2 Å². The van der Waals surface area contributed by atoms with Gasteiger partial charge in [-0.2, -0.15) is 11.8 Å². The van der Waals surface area contributed by atoms with Gasteiger partial charge in [0.15, 0.2) is 0 Å². The van der Waals surface area contributed by atoms with E-state index in [2.05, 4.69) is 5.32 Å². The van der Waals surface area contributed by atoms with Crippen molar-refractivity contribution in [2.45, 2.75) is 35.6 Å². The van der Waals surface area contributed by atoms with E-state index in [1.807, 2.05) is 12.1 Å². The van der Waals surface area contributed by atoms with Crippen LogP contribution in [0.15, 0.2) is 29.5 Å². The lowest BCUT2D eigenvalue weighted by molar-refractivity contribution is -0.192. The van der Waals surface area contributed by atoms with Crippen molar-refractivity contribution in [1.82, 2.24) is 10.2 Å². The Bertz CT molecular complexity index is 1080. The Morgan fingerprint density at radius 3 is 2.76 bits per heavy atom. The summed E-state index contributed by atoms with van der Waals surface area (Å²) in [5.74, 6) is -1.43. The molecule has 3 aliphatic rings. The maximum absolute atomic E-state index is 13.2. The number of nitrogens with zero attached hydrogens (tertiary/aromatic N) is 1. The molecule has 0 radical (unpaired) electrons. The Labute approximate surface area is 198 Å². The Morgan fingerprint density at radius 1 is 1.33 bits per heavy atom. The van der Waals surface area contributed by atoms with Crippen LogP contribution in [0, 0.1) is 0 Å². The van der Waals surface area contributed by atoms with Gasteiger partial charge in [-0.05, 0) is 16.7 Å². The first kappa shape index (κ1) is 23.6. The quantitative estimate of drug-likeness (QED) is 0.282. The number of carbonyl (C=O) groups is 4. The number of nitrogens with two attached hydrogens (primary N) is 1. The number of hydrogen-bond acceptors (Lipinski definition) is 9. The molecule has 1 aromatic rings. The van der Waals surface area contributed by atoms with Crippen LogP contribution < -0.4 is 11.1 Å². The summed E-state index contributed by atoms with van der Waals surface area (Å²) in [6, 6.07) is 4.63. The molecule has 4 rings (SSSR count). The number of carbonyl (C=O) groups excluding carboxylic acids is 3. The van der Waals surface area contributed by atoms with Crippen molar-refractivity contribution in [2.75, 3.05) is 19.5 Å². The minimum Gasteiger partial charge on any atom is -0.477 e. The average molecular weight is 494 g/mol. The maximum Gasteiger partial charge on any atom is 0.352 e. The summed E-state index contributed by atoms with van der Waals surface area (Å²) in [6.07, 6.45) is 0. The van der Waals surface area contributed by atoms with E-state index in [1.54, 1.807) is 17.8 Å². The van der Waals surface area contributed by atoms with E-state index in [1.165, 1.54) is 25.8 Å². The molecule has 3 heterocycles. The fraction of sp³-hybridized carbons (Fsp3) is 0.429. The number of methoxy groups -OCH3 is 1. The fourth-order valence-electron chi connectivity index (χ4n) is 4.17. The van der Waals surface area contributed by atoms with Crippen LogP contribution in [0.1, 0.15) is 29.7 Å². The van der Waals surface area contributed by atoms with Crippen LogP contribution in [0.3, 0.4) is 0 Å². The average Bonchev–Trinajstić information content (AvgIpc) is 3.28. The van der Waals surface area contributed by atoms with E-state index in [4.69, 9.17) is 15.2 Å². The first-order valence-corrected chi connectivity index (χ1v) is 12.3. The van der Waals surface area contributed by atoms with Crippen LogP contribution in [-0.4, -0.2) is 64.3 Å². The highest BCUT2D eigenvalue weighted by Crippen LogP contribution is 2.47. The van der Waals surface area contributed by atoms with Gasteiger partial charge >= 0.3 is 11.9 Å². The number of carboxylic acid groups (broad SMARTS) is 1. The molecule has 4 N–H and O–H groups in total. The molecule has 1 aromatic carbocycles. The minimum atomic E-state index is -1.75. The predicted molar refractivity (Wildman–Crippen MR) is 121 cm³/mol. The molecule has 0 bridgehead atoms. The van der Waals surface area contributed by atoms with Crippen LogP contribution in [0.4, 0.5) is 0 Å². The van der Waals surface area contributed by atoms with Crippen molar-refractivity contribution in [1.29, 1.82) is 0 Å². The van der Waals surface area contributed by atoms with Gasteiger partial charge in [0.1, 0.15) is 23.7 Å². The molecule has 10 nitrogen and oxygen atoms in total. The normalized spacial score (nSPS) is 24.5. The monoisotopic (exact) mass is 493 g/mol. The second kappa shape index (κ2) is 9.01. The first-order valence-electron chi connectivity index (χ1n) is 10.1. The Morgan fingerprint density at radius 2 is 2.09 bits per heavy atom. The van der Waals surface area contributed by atoms with Crippen LogP contribution in [0.2, 0.25) is 0 Å². The van der Waals surface area contributed by atoms with Crippen molar-refractivity contribution in [3.63, 3.8) is 0 Å². The Kier molecular flexibility index (Phi) is 6.45. The minimum absolute atomic E-state index is 0.180. The number of amides is 2. The number of carboxylic acids is 1. The first-order chi connectivity index (χ1) is 15.7. The molecule has 176 valence electrons. The number of nitrogens with one attached hydrogen (secondary N) is 1. The second-order valence-electron chi connectivity index (χ2n) is 7.76. The third-order valence-electron chi connectivity index (χ3n) is 5.82. The number of β-lactam (4-membered cyclic amide) rings is 1. The number of hydrogen-bond donors (Lipinski definition) is 3. The van der Waals surface area contributed by atoms with E-state index >= 15 is 0 Å². The van der Waals surface area contributed by atoms with Crippen molar-refractivity contribution >= 4 is 47.3 Å². The van der Waals surface area contributed by atoms with Crippen LogP contribution in [0.25, 0.3) is 0 Å². The molecular weight excluding hydrogens is 470 g/mol. The van der Waals surface area contributed by atoms with Gasteiger partial charge in [0, 0.05) is 36.9 Å². The highest BCUT2D eigenvalue weighted by molar-refractivity contribution is 8.00. The van der Waals surface area contributed by atoms with Crippen molar-refractivity contribution < 1.29 is 33.8 Å². The van der Waals surface area contributed by atoms with Crippen LogP contribution in [0.5, 0.6) is 0 Å². The highest BCUT2D eigenvalue weighted by atomic mass is 32.2. The summed E-state index contributed by atoms with van der Waals surface area (Å²) in [5, 5.41) is 11.5. The van der Waals surface area contributed by atoms with Gasteiger partial charge in [-0.25, -0.2) is 4.79 Å². The van der Waals surface area contributed by atoms with Gasteiger partial charge in [0.2, 0.25) is 5.91 Å². The highest BCUT2D eigenvalue weighted by Gasteiger charge is 2.66. The van der Waals surface area contributed by atoms with Gasteiger partial charge in [0.05, 0.1) is 0 Å². The van der Waals surface area contributed by atoms with Gasteiger partial charge in [-0.3, -0.25) is 19.3 Å². The number of fused-ring (bicyclic) bond motifs is 2. The molecule has 3 atom stereocenters. The number of esters is 1. The number of rotatable bonds is 7. The molecule has 2 amide bonds. The summed E-state index contributed by atoms with van der Waals surface area (Å²) < 4.78 is 10.4. The third kappa shape index (κ3) is 3.90. The summed E-state index contributed by atoms with van der Waals surface area (Å²) in [6.45, 7) is 0.971. The molecule has 0 aliphatic carbocycles. The largest absolute Gasteiger partial charge is 0.477 e. The maximum atomic E-state index is 13.2. The summed E-state index contributed by atoms with van der Waals surface area (Å²) in [5.41, 5.74) is 7.39. The Balaban J connectivity index is 1.57. The molecule has 3 aliphatic heterocycles. The molecule has 33 heavy (non-hydrogen) atoms. The standard InChI is InChI=1S/C21H23N3O7S2/c1-10(25)31-6-12-8-33-20-21(30-2,19(29)24(20)16(12)18(27)28)23-17(26)15(22)13-5-3-4-11-7-32-9-14(11)13/h3-5,15,20H,6-9,22H2,1-2H3,(H,23,26)(H,27,28). The summed E-state index contributed by atoms with van der Waals surface area (Å²) >= 11 is 2.94. The summed E-state index contributed by atoms with van der Waals surface area (Å²) in [4.78, 5) is 50.4. The molecule has 0 saturated carbocycles. The van der Waals surface area contributed by atoms with Gasteiger partial charge in [-0.15, -0.1) is 11.8 Å². The van der Waals surface area contributed by atoms with Crippen LogP contribution in [-0.2, 0) is 40.2 Å². The molecule has 0 aromatic heterocycles. The lowest BCUT2D eigenvalue weighted by Gasteiger charge is -2.55. The van der Waals surface area contributed by atoms with Gasteiger partial charge in [0.25, 0.3) is 11.6 Å². The molecule has 12 heteroatoms. The molecule has 1 saturated heterocycles.